The molecule has 0 aromatic carbocycles. The molecule has 14 heavy (non-hydrogen) atoms. The van der Waals surface area contributed by atoms with Gasteiger partial charge in [-0.3, -0.25) is 4.79 Å². The van der Waals surface area contributed by atoms with Crippen molar-refractivity contribution in [1.82, 2.24) is 0 Å². The van der Waals surface area contributed by atoms with Crippen molar-refractivity contribution in [2.75, 3.05) is 0 Å². The van der Waals surface area contributed by atoms with Gasteiger partial charge in [0, 0.05) is 6.42 Å². The third kappa shape index (κ3) is 2.70. The fourth-order valence-electron chi connectivity index (χ4n) is 2.47. The van der Waals surface area contributed by atoms with Gasteiger partial charge in [0.15, 0.2) is 5.78 Å². The van der Waals surface area contributed by atoms with Gasteiger partial charge < -0.3 is 0 Å². The normalized spacial score (nSPS) is 21.2. The molecule has 1 aliphatic carbocycles. The second-order valence-corrected chi connectivity index (χ2v) is 5.22. The highest BCUT2D eigenvalue weighted by Gasteiger charge is 2.29. The van der Waals surface area contributed by atoms with Gasteiger partial charge in [-0.2, -0.15) is 0 Å². The molecule has 0 aromatic heterocycles. The van der Waals surface area contributed by atoms with E-state index in [0.717, 1.165) is 25.7 Å². The van der Waals surface area contributed by atoms with E-state index in [-0.39, 0.29) is 5.41 Å². The largest absolute Gasteiger partial charge is 0.295 e. The summed E-state index contributed by atoms with van der Waals surface area (Å²) in [5.41, 5.74) is 1.57. The molecule has 0 bridgehead atoms. The number of carbonyl (C=O) groups excluding carboxylic acids is 1. The summed E-state index contributed by atoms with van der Waals surface area (Å²) in [6, 6.07) is 0. The summed E-state index contributed by atoms with van der Waals surface area (Å²) in [7, 11) is 0. The van der Waals surface area contributed by atoms with Crippen molar-refractivity contribution in [3.63, 3.8) is 0 Å². The molecular weight excluding hydrogens is 172 g/mol. The van der Waals surface area contributed by atoms with E-state index in [2.05, 4.69) is 27.7 Å². The Kier molecular flexibility index (Phi) is 3.52. The van der Waals surface area contributed by atoms with Crippen LogP contribution < -0.4 is 0 Å². The Labute approximate surface area is 87.6 Å². The van der Waals surface area contributed by atoms with Crippen molar-refractivity contribution in [3.8, 4) is 0 Å². The van der Waals surface area contributed by atoms with Crippen LogP contribution in [0.5, 0.6) is 0 Å². The van der Waals surface area contributed by atoms with Crippen LogP contribution in [0.3, 0.4) is 0 Å². The van der Waals surface area contributed by atoms with Gasteiger partial charge in [0.25, 0.3) is 0 Å². The van der Waals surface area contributed by atoms with E-state index in [0.29, 0.717) is 11.7 Å². The number of carbonyl (C=O) groups is 1. The summed E-state index contributed by atoms with van der Waals surface area (Å²) in [5.74, 6) is 0.946. The van der Waals surface area contributed by atoms with Gasteiger partial charge in [-0.15, -0.1) is 0 Å². The van der Waals surface area contributed by atoms with E-state index < -0.39 is 0 Å². The van der Waals surface area contributed by atoms with Crippen LogP contribution in [0.25, 0.3) is 0 Å². The van der Waals surface area contributed by atoms with Gasteiger partial charge >= 0.3 is 0 Å². The molecule has 0 N–H and O–H groups in total. The molecule has 1 heteroatoms. The highest BCUT2D eigenvalue weighted by molar-refractivity contribution is 5.91. The summed E-state index contributed by atoms with van der Waals surface area (Å²) < 4.78 is 0. The zero-order valence-corrected chi connectivity index (χ0v) is 9.89. The van der Waals surface area contributed by atoms with E-state index >= 15 is 0 Å². The number of ketones is 1. The van der Waals surface area contributed by atoms with Crippen LogP contribution in [0.15, 0.2) is 11.6 Å². The minimum atomic E-state index is 0.184. The Morgan fingerprint density at radius 3 is 2.29 bits per heavy atom. The smallest absolute Gasteiger partial charge is 0.156 e. The number of hydrogen-bond donors (Lipinski definition) is 0. The van der Waals surface area contributed by atoms with E-state index in [1.165, 1.54) is 5.57 Å². The second-order valence-electron chi connectivity index (χ2n) is 5.22. The van der Waals surface area contributed by atoms with E-state index in [4.69, 9.17) is 0 Å². The lowest BCUT2D eigenvalue weighted by Crippen LogP contribution is -2.24. The van der Waals surface area contributed by atoms with Crippen LogP contribution in [0.1, 0.15) is 53.4 Å². The first kappa shape index (κ1) is 11.5. The van der Waals surface area contributed by atoms with Gasteiger partial charge in [0.05, 0.1) is 0 Å². The maximum atomic E-state index is 11.5. The molecule has 0 fully saturated rings. The molecule has 0 amide bonds. The minimum Gasteiger partial charge on any atom is -0.295 e. The molecule has 0 atom stereocenters. The van der Waals surface area contributed by atoms with Crippen molar-refractivity contribution in [2.24, 2.45) is 11.3 Å². The van der Waals surface area contributed by atoms with Crippen LogP contribution in [-0.2, 0) is 4.79 Å². The van der Waals surface area contributed by atoms with Gasteiger partial charge in [0.2, 0.25) is 0 Å². The number of rotatable bonds is 3. The lowest BCUT2D eigenvalue weighted by Gasteiger charge is -2.32. The molecule has 1 rings (SSSR count). The first-order chi connectivity index (χ1) is 6.48. The van der Waals surface area contributed by atoms with Gasteiger partial charge in [-0.1, -0.05) is 33.3 Å². The Morgan fingerprint density at radius 2 is 1.86 bits per heavy atom. The molecule has 1 nitrogen and oxygen atoms in total. The monoisotopic (exact) mass is 194 g/mol. The zero-order valence-electron chi connectivity index (χ0n) is 9.89. The molecule has 0 heterocycles. The van der Waals surface area contributed by atoms with Gasteiger partial charge in [-0.25, -0.2) is 0 Å². The molecule has 0 unspecified atom stereocenters. The third-order valence-electron chi connectivity index (χ3n) is 3.19. The van der Waals surface area contributed by atoms with Crippen LogP contribution >= 0.6 is 0 Å². The van der Waals surface area contributed by atoms with Gasteiger partial charge in [-0.05, 0) is 36.7 Å². The van der Waals surface area contributed by atoms with Crippen LogP contribution in [-0.4, -0.2) is 5.78 Å². The minimum absolute atomic E-state index is 0.184. The predicted molar refractivity (Wildman–Crippen MR) is 60.2 cm³/mol. The average Bonchev–Trinajstić information content (AvgIpc) is 2.02. The molecule has 0 saturated carbocycles. The summed E-state index contributed by atoms with van der Waals surface area (Å²) in [6.45, 7) is 8.81. The zero-order chi connectivity index (χ0) is 10.8. The lowest BCUT2D eigenvalue weighted by atomic mass is 9.72. The number of allylic oxidation sites excluding steroid dienone is 2. The molecular formula is C13H22O. The average molecular weight is 194 g/mol. The van der Waals surface area contributed by atoms with E-state index in [1.807, 2.05) is 6.08 Å². The van der Waals surface area contributed by atoms with Crippen molar-refractivity contribution in [3.05, 3.63) is 11.6 Å². The van der Waals surface area contributed by atoms with Crippen molar-refractivity contribution < 1.29 is 4.79 Å². The quantitative estimate of drug-likeness (QED) is 0.669. The predicted octanol–water partition coefficient (Wildman–Crippen LogP) is 3.74. The molecule has 0 aromatic rings. The van der Waals surface area contributed by atoms with E-state index in [9.17, 15) is 4.79 Å². The highest BCUT2D eigenvalue weighted by Crippen LogP contribution is 2.38. The van der Waals surface area contributed by atoms with Crippen molar-refractivity contribution in [1.29, 1.82) is 0 Å². The summed E-state index contributed by atoms with van der Waals surface area (Å²) in [5, 5.41) is 0. The molecule has 0 saturated heterocycles. The Hall–Kier alpha value is -0.590. The van der Waals surface area contributed by atoms with Crippen LogP contribution in [0.4, 0.5) is 0 Å². The van der Waals surface area contributed by atoms with Crippen molar-refractivity contribution in [2.45, 2.75) is 53.4 Å². The SMILES string of the molecule is CCC(CC)C1=CC(=O)CC(C)(C)C1. The fourth-order valence-corrected chi connectivity index (χ4v) is 2.47. The van der Waals surface area contributed by atoms with Gasteiger partial charge in [0.1, 0.15) is 0 Å². The first-order valence-electron chi connectivity index (χ1n) is 5.72. The topological polar surface area (TPSA) is 17.1 Å². The van der Waals surface area contributed by atoms with Crippen molar-refractivity contribution >= 4 is 5.78 Å². The Morgan fingerprint density at radius 1 is 1.29 bits per heavy atom. The molecule has 0 spiro atoms. The first-order valence-corrected chi connectivity index (χ1v) is 5.72. The maximum absolute atomic E-state index is 11.5. The molecule has 80 valence electrons. The lowest BCUT2D eigenvalue weighted by molar-refractivity contribution is -0.117. The second kappa shape index (κ2) is 4.29. The Balaban J connectivity index is 2.83. The third-order valence-corrected chi connectivity index (χ3v) is 3.19. The highest BCUT2D eigenvalue weighted by atomic mass is 16.1. The van der Waals surface area contributed by atoms with E-state index in [1.54, 1.807) is 0 Å². The summed E-state index contributed by atoms with van der Waals surface area (Å²) >= 11 is 0. The summed E-state index contributed by atoms with van der Waals surface area (Å²) in [4.78, 5) is 11.5. The maximum Gasteiger partial charge on any atom is 0.156 e. The summed E-state index contributed by atoms with van der Waals surface area (Å²) in [6.07, 6.45) is 6.04. The molecule has 0 radical (unpaired) electrons. The molecule has 1 aliphatic rings. The van der Waals surface area contributed by atoms with Crippen LogP contribution in [0.2, 0.25) is 0 Å². The van der Waals surface area contributed by atoms with Crippen LogP contribution in [0, 0.1) is 11.3 Å². The Bertz CT molecular complexity index is 244. The standard InChI is InChI=1S/C13H22O/c1-5-10(6-2)11-7-12(14)9-13(3,4)8-11/h7,10H,5-6,8-9H2,1-4H3. The number of hydrogen-bond acceptors (Lipinski definition) is 1. The molecule has 0 aliphatic heterocycles. The fraction of sp³-hybridized carbons (Fsp3) is 0.769.